The number of rotatable bonds is 5. The molecule has 0 aliphatic heterocycles. The van der Waals surface area contributed by atoms with Gasteiger partial charge in [0.25, 0.3) is 5.69 Å². The summed E-state index contributed by atoms with van der Waals surface area (Å²) in [5, 5.41) is 10.7. The maximum atomic E-state index is 10.7. The highest BCUT2D eigenvalue weighted by Gasteiger charge is 2.14. The van der Waals surface area contributed by atoms with Gasteiger partial charge in [0.15, 0.2) is 0 Å². The molecule has 0 spiro atoms. The maximum Gasteiger partial charge on any atom is 0.280 e. The van der Waals surface area contributed by atoms with Crippen LogP contribution >= 0.6 is 0 Å². The number of hydrogen-bond donors (Lipinski definition) is 1. The van der Waals surface area contributed by atoms with Crippen molar-refractivity contribution in [3.8, 4) is 0 Å². The molecule has 0 radical (unpaired) electrons. The molecule has 16 heavy (non-hydrogen) atoms. The number of methoxy groups -OCH3 is 1. The first-order valence-electron chi connectivity index (χ1n) is 4.69. The topological polar surface area (TPSA) is 90.8 Å². The largest absolute Gasteiger partial charge is 0.383 e. The molecule has 86 valence electrons. The van der Waals surface area contributed by atoms with Crippen molar-refractivity contribution in [3.63, 3.8) is 0 Å². The molecule has 1 aromatic carbocycles. The molecule has 0 saturated heterocycles. The van der Waals surface area contributed by atoms with Crippen molar-refractivity contribution in [2.24, 2.45) is 10.7 Å². The number of aliphatic imine (C=N–C) groups is 1. The number of amidine groups is 1. The summed E-state index contributed by atoms with van der Waals surface area (Å²) in [5.41, 5.74) is 5.96. The van der Waals surface area contributed by atoms with Crippen LogP contribution < -0.4 is 5.73 Å². The predicted molar refractivity (Wildman–Crippen MR) is 60.6 cm³/mol. The van der Waals surface area contributed by atoms with Gasteiger partial charge in [-0.25, -0.2) is 0 Å². The molecule has 0 atom stereocenters. The second-order valence-corrected chi connectivity index (χ2v) is 3.03. The third-order valence-corrected chi connectivity index (χ3v) is 1.95. The van der Waals surface area contributed by atoms with Crippen LogP contribution in [0.5, 0.6) is 0 Å². The molecule has 0 unspecified atom stereocenters. The zero-order valence-corrected chi connectivity index (χ0v) is 8.92. The smallest absolute Gasteiger partial charge is 0.280 e. The van der Waals surface area contributed by atoms with E-state index >= 15 is 0 Å². The highest BCUT2D eigenvalue weighted by atomic mass is 16.6. The average molecular weight is 223 g/mol. The Morgan fingerprint density at radius 1 is 1.56 bits per heavy atom. The molecule has 0 aliphatic carbocycles. The first-order valence-corrected chi connectivity index (χ1v) is 4.69. The second kappa shape index (κ2) is 5.82. The van der Waals surface area contributed by atoms with E-state index in [2.05, 4.69) is 4.99 Å². The van der Waals surface area contributed by atoms with Gasteiger partial charge in [-0.1, -0.05) is 12.1 Å². The number of nitro benzene ring substituents is 1. The Kier molecular flexibility index (Phi) is 4.41. The lowest BCUT2D eigenvalue weighted by Crippen LogP contribution is -2.16. The van der Waals surface area contributed by atoms with Crippen molar-refractivity contribution in [1.29, 1.82) is 0 Å². The lowest BCUT2D eigenvalue weighted by molar-refractivity contribution is -0.385. The van der Waals surface area contributed by atoms with Crippen LogP contribution in [0, 0.1) is 10.1 Å². The third kappa shape index (κ3) is 3.03. The fourth-order valence-electron chi connectivity index (χ4n) is 1.19. The minimum atomic E-state index is -0.478. The first kappa shape index (κ1) is 12.1. The van der Waals surface area contributed by atoms with Crippen LogP contribution in [-0.2, 0) is 4.74 Å². The number of hydrogen-bond acceptors (Lipinski definition) is 4. The van der Waals surface area contributed by atoms with Crippen LogP contribution in [-0.4, -0.2) is 31.0 Å². The molecule has 2 N–H and O–H groups in total. The number of benzene rings is 1. The van der Waals surface area contributed by atoms with Gasteiger partial charge >= 0.3 is 0 Å². The molecule has 0 fully saturated rings. The quantitative estimate of drug-likeness (QED) is 0.264. The minimum absolute atomic E-state index is 0.0406. The minimum Gasteiger partial charge on any atom is -0.383 e. The Morgan fingerprint density at radius 2 is 2.25 bits per heavy atom. The Balaban J connectivity index is 2.94. The van der Waals surface area contributed by atoms with Crippen LogP contribution in [0.3, 0.4) is 0 Å². The van der Waals surface area contributed by atoms with Gasteiger partial charge in [0.2, 0.25) is 0 Å². The number of para-hydroxylation sites is 1. The second-order valence-electron chi connectivity index (χ2n) is 3.03. The Morgan fingerprint density at radius 3 is 2.88 bits per heavy atom. The van der Waals surface area contributed by atoms with Crippen LogP contribution in [0.25, 0.3) is 0 Å². The first-order chi connectivity index (χ1) is 7.66. The molecule has 0 bridgehead atoms. The molecule has 1 rings (SSSR count). The number of nitrogens with zero attached hydrogens (tertiary/aromatic N) is 2. The van der Waals surface area contributed by atoms with Gasteiger partial charge in [-0.05, 0) is 6.07 Å². The van der Waals surface area contributed by atoms with Gasteiger partial charge in [-0.15, -0.1) is 0 Å². The van der Waals surface area contributed by atoms with Gasteiger partial charge < -0.3 is 10.5 Å². The lowest BCUT2D eigenvalue weighted by atomic mass is 10.1. The molecule has 1 aromatic rings. The zero-order valence-electron chi connectivity index (χ0n) is 8.92. The summed E-state index contributed by atoms with van der Waals surface area (Å²) in [6.07, 6.45) is 0. The van der Waals surface area contributed by atoms with Crippen molar-refractivity contribution in [3.05, 3.63) is 39.9 Å². The molecular weight excluding hydrogens is 210 g/mol. The van der Waals surface area contributed by atoms with Gasteiger partial charge in [0.1, 0.15) is 5.84 Å². The molecule has 0 heterocycles. The van der Waals surface area contributed by atoms with E-state index in [1.54, 1.807) is 25.3 Å². The Bertz CT molecular complexity index is 404. The van der Waals surface area contributed by atoms with E-state index in [9.17, 15) is 10.1 Å². The van der Waals surface area contributed by atoms with Crippen molar-refractivity contribution >= 4 is 11.5 Å². The van der Waals surface area contributed by atoms with Gasteiger partial charge in [-0.3, -0.25) is 15.1 Å². The van der Waals surface area contributed by atoms with Gasteiger partial charge in [0.05, 0.1) is 23.6 Å². The molecule has 6 nitrogen and oxygen atoms in total. The van der Waals surface area contributed by atoms with E-state index in [4.69, 9.17) is 10.5 Å². The fourth-order valence-corrected chi connectivity index (χ4v) is 1.19. The van der Waals surface area contributed by atoms with E-state index in [1.165, 1.54) is 6.07 Å². The highest BCUT2D eigenvalue weighted by molar-refractivity contribution is 6.01. The Hall–Kier alpha value is -1.95. The van der Waals surface area contributed by atoms with Gasteiger partial charge in [0, 0.05) is 13.2 Å². The van der Waals surface area contributed by atoms with Crippen molar-refractivity contribution in [2.45, 2.75) is 0 Å². The fraction of sp³-hybridized carbons (Fsp3) is 0.300. The van der Waals surface area contributed by atoms with Crippen LogP contribution in [0.4, 0.5) is 5.69 Å². The van der Waals surface area contributed by atoms with Crippen molar-refractivity contribution in [1.82, 2.24) is 0 Å². The monoisotopic (exact) mass is 223 g/mol. The SMILES string of the molecule is COCCN=C(N)c1ccccc1[N+](=O)[O-]. The van der Waals surface area contributed by atoms with Gasteiger partial charge in [-0.2, -0.15) is 0 Å². The standard InChI is InChI=1S/C10H13N3O3/c1-16-7-6-12-10(11)8-4-2-3-5-9(8)13(14)15/h2-5H,6-7H2,1H3,(H2,11,12). The van der Waals surface area contributed by atoms with E-state index < -0.39 is 4.92 Å². The van der Waals surface area contributed by atoms with E-state index in [-0.39, 0.29) is 11.5 Å². The van der Waals surface area contributed by atoms with E-state index in [0.29, 0.717) is 18.7 Å². The summed E-state index contributed by atoms with van der Waals surface area (Å²) in [6, 6.07) is 6.24. The number of nitro groups is 1. The molecule has 6 heteroatoms. The highest BCUT2D eigenvalue weighted by Crippen LogP contribution is 2.16. The lowest BCUT2D eigenvalue weighted by Gasteiger charge is -2.02. The summed E-state index contributed by atoms with van der Waals surface area (Å²) in [5.74, 6) is 0.157. The van der Waals surface area contributed by atoms with Crippen LogP contribution in [0.2, 0.25) is 0 Å². The van der Waals surface area contributed by atoms with E-state index in [0.717, 1.165) is 0 Å². The Labute approximate surface area is 92.9 Å². The normalized spacial score (nSPS) is 11.4. The zero-order chi connectivity index (χ0) is 12.0. The molecule has 0 aliphatic rings. The average Bonchev–Trinajstić information content (AvgIpc) is 2.29. The predicted octanol–water partition coefficient (Wildman–Crippen LogP) is 0.946. The summed E-state index contributed by atoms with van der Waals surface area (Å²) < 4.78 is 4.81. The van der Waals surface area contributed by atoms with Crippen LogP contribution in [0.15, 0.2) is 29.3 Å². The number of nitrogens with two attached hydrogens (primary N) is 1. The van der Waals surface area contributed by atoms with Crippen LogP contribution in [0.1, 0.15) is 5.56 Å². The maximum absolute atomic E-state index is 10.7. The van der Waals surface area contributed by atoms with E-state index in [1.807, 2.05) is 0 Å². The van der Waals surface area contributed by atoms with Crippen molar-refractivity contribution in [2.75, 3.05) is 20.3 Å². The molecule has 0 saturated carbocycles. The summed E-state index contributed by atoms with van der Waals surface area (Å²) in [6.45, 7) is 0.815. The third-order valence-electron chi connectivity index (χ3n) is 1.95. The number of ether oxygens (including phenoxy) is 1. The van der Waals surface area contributed by atoms with Crippen molar-refractivity contribution < 1.29 is 9.66 Å². The molecule has 0 amide bonds. The molecule has 0 aromatic heterocycles. The summed E-state index contributed by atoms with van der Waals surface area (Å²) >= 11 is 0. The summed E-state index contributed by atoms with van der Waals surface area (Å²) in [4.78, 5) is 14.2. The molecular formula is C10H13N3O3. The summed E-state index contributed by atoms with van der Waals surface area (Å²) in [7, 11) is 1.55.